The van der Waals surface area contributed by atoms with E-state index in [-0.39, 0.29) is 30.1 Å². The van der Waals surface area contributed by atoms with Crippen molar-refractivity contribution in [2.75, 3.05) is 27.2 Å². The third kappa shape index (κ3) is 4.51. The number of piperidine rings is 1. The maximum atomic E-state index is 12.8. The first-order chi connectivity index (χ1) is 12.5. The maximum Gasteiger partial charge on any atom is 0.276 e. The summed E-state index contributed by atoms with van der Waals surface area (Å²) in [5, 5.41) is 21.6. The number of phenols is 1. The lowest BCUT2D eigenvalue weighted by atomic mass is 10.1. The number of benzene rings is 1. The molecule has 1 fully saturated rings. The SMILES string of the molecule is COc1ccc(CN(C)C(=O)c2nnn(C3CCNCC3)c2C)cc1O.Cl. The van der Waals surface area contributed by atoms with Gasteiger partial charge in [-0.25, -0.2) is 4.68 Å². The van der Waals surface area contributed by atoms with Crippen molar-refractivity contribution in [3.63, 3.8) is 0 Å². The number of phenolic OH excluding ortho intramolecular Hbond substituents is 1. The number of halogens is 1. The standard InChI is InChI=1S/C18H25N5O3.ClH/c1-12-17(20-21-23(12)14-6-8-19-9-7-14)18(25)22(2)11-13-4-5-16(26-3)15(24)10-13;/h4-5,10,14,19,24H,6-9,11H2,1-3H3;1H. The zero-order valence-corrected chi connectivity index (χ0v) is 16.6. The summed E-state index contributed by atoms with van der Waals surface area (Å²) >= 11 is 0. The number of ether oxygens (including phenoxy) is 1. The van der Waals surface area contributed by atoms with E-state index in [0.29, 0.717) is 18.0 Å². The fourth-order valence-corrected chi connectivity index (χ4v) is 3.30. The van der Waals surface area contributed by atoms with Crippen molar-refractivity contribution in [3.05, 3.63) is 35.2 Å². The number of amides is 1. The average Bonchev–Trinajstić information content (AvgIpc) is 3.03. The molecule has 0 spiro atoms. The number of nitrogens with zero attached hydrogens (tertiary/aromatic N) is 4. The van der Waals surface area contributed by atoms with Crippen molar-refractivity contribution >= 4 is 18.3 Å². The van der Waals surface area contributed by atoms with Crippen LogP contribution in [0.5, 0.6) is 11.5 Å². The number of carbonyl (C=O) groups is 1. The molecule has 0 unspecified atom stereocenters. The molecule has 0 aliphatic carbocycles. The molecule has 1 aromatic carbocycles. The monoisotopic (exact) mass is 395 g/mol. The molecule has 9 heteroatoms. The molecule has 148 valence electrons. The van der Waals surface area contributed by atoms with E-state index in [4.69, 9.17) is 4.74 Å². The minimum Gasteiger partial charge on any atom is -0.504 e. The smallest absolute Gasteiger partial charge is 0.276 e. The van der Waals surface area contributed by atoms with Gasteiger partial charge in [0.25, 0.3) is 5.91 Å². The second kappa shape index (κ2) is 9.05. The molecule has 1 aliphatic rings. The number of methoxy groups -OCH3 is 1. The molecule has 27 heavy (non-hydrogen) atoms. The molecule has 1 saturated heterocycles. The first-order valence-corrected chi connectivity index (χ1v) is 8.75. The van der Waals surface area contributed by atoms with Crippen LogP contribution >= 0.6 is 12.4 Å². The van der Waals surface area contributed by atoms with E-state index in [1.54, 1.807) is 24.1 Å². The molecule has 8 nitrogen and oxygen atoms in total. The van der Waals surface area contributed by atoms with Gasteiger partial charge in [-0.2, -0.15) is 0 Å². The highest BCUT2D eigenvalue weighted by Gasteiger charge is 2.24. The molecule has 1 aromatic heterocycles. The van der Waals surface area contributed by atoms with E-state index in [9.17, 15) is 9.90 Å². The highest BCUT2D eigenvalue weighted by atomic mass is 35.5. The molecule has 3 rings (SSSR count). The van der Waals surface area contributed by atoms with Crippen LogP contribution in [-0.4, -0.2) is 58.2 Å². The fraction of sp³-hybridized carbons (Fsp3) is 0.500. The van der Waals surface area contributed by atoms with Crippen molar-refractivity contribution < 1.29 is 14.6 Å². The van der Waals surface area contributed by atoms with Crippen LogP contribution in [0.15, 0.2) is 18.2 Å². The molecule has 2 aromatic rings. The van der Waals surface area contributed by atoms with E-state index >= 15 is 0 Å². The van der Waals surface area contributed by atoms with Gasteiger partial charge < -0.3 is 20.1 Å². The topological polar surface area (TPSA) is 92.5 Å². The van der Waals surface area contributed by atoms with Gasteiger partial charge in [-0.1, -0.05) is 11.3 Å². The molecule has 1 amide bonds. The van der Waals surface area contributed by atoms with E-state index in [1.165, 1.54) is 7.11 Å². The Morgan fingerprint density at radius 3 is 2.74 bits per heavy atom. The summed E-state index contributed by atoms with van der Waals surface area (Å²) in [7, 11) is 3.21. The molecule has 0 atom stereocenters. The summed E-state index contributed by atoms with van der Waals surface area (Å²) in [5.74, 6) is 0.278. The van der Waals surface area contributed by atoms with Crippen molar-refractivity contribution in [2.24, 2.45) is 0 Å². The molecule has 1 aliphatic heterocycles. The minimum absolute atomic E-state index is 0. The van der Waals surface area contributed by atoms with Gasteiger partial charge in [-0.05, 0) is 50.6 Å². The van der Waals surface area contributed by atoms with Crippen LogP contribution in [0.4, 0.5) is 0 Å². The van der Waals surface area contributed by atoms with Crippen molar-refractivity contribution in [3.8, 4) is 11.5 Å². The Hall–Kier alpha value is -2.32. The summed E-state index contributed by atoms with van der Waals surface area (Å²) in [6, 6.07) is 5.39. The normalized spacial score (nSPS) is 14.5. The highest BCUT2D eigenvalue weighted by molar-refractivity contribution is 5.93. The van der Waals surface area contributed by atoms with Crippen LogP contribution in [0.25, 0.3) is 0 Å². The summed E-state index contributed by atoms with van der Waals surface area (Å²) in [4.78, 5) is 14.4. The van der Waals surface area contributed by atoms with Gasteiger partial charge in [-0.15, -0.1) is 17.5 Å². The Kier molecular flexibility index (Phi) is 7.04. The predicted molar refractivity (Wildman–Crippen MR) is 104 cm³/mol. The Morgan fingerprint density at radius 1 is 1.41 bits per heavy atom. The summed E-state index contributed by atoms with van der Waals surface area (Å²) in [6.07, 6.45) is 1.97. The zero-order valence-electron chi connectivity index (χ0n) is 15.8. The van der Waals surface area contributed by atoms with Gasteiger partial charge in [0.15, 0.2) is 17.2 Å². The van der Waals surface area contributed by atoms with Gasteiger partial charge in [0.05, 0.1) is 18.8 Å². The average molecular weight is 396 g/mol. The van der Waals surface area contributed by atoms with Gasteiger partial charge in [0.1, 0.15) is 0 Å². The Bertz CT molecular complexity index is 789. The maximum absolute atomic E-state index is 12.8. The van der Waals surface area contributed by atoms with Gasteiger partial charge in [0.2, 0.25) is 0 Å². The first-order valence-electron chi connectivity index (χ1n) is 8.75. The quantitative estimate of drug-likeness (QED) is 0.803. The number of hydrogen-bond acceptors (Lipinski definition) is 6. The molecular weight excluding hydrogens is 370 g/mol. The van der Waals surface area contributed by atoms with Crippen molar-refractivity contribution in [1.29, 1.82) is 0 Å². The second-order valence-electron chi connectivity index (χ2n) is 6.62. The van der Waals surface area contributed by atoms with E-state index in [1.807, 2.05) is 17.7 Å². The van der Waals surface area contributed by atoms with Crippen molar-refractivity contribution in [1.82, 2.24) is 25.2 Å². The lowest BCUT2D eigenvalue weighted by Crippen LogP contribution is -2.30. The fourth-order valence-electron chi connectivity index (χ4n) is 3.30. The van der Waals surface area contributed by atoms with E-state index in [2.05, 4.69) is 15.6 Å². The summed E-state index contributed by atoms with van der Waals surface area (Å²) in [6.45, 7) is 4.15. The number of aromatic hydroxyl groups is 1. The van der Waals surface area contributed by atoms with Crippen LogP contribution in [0, 0.1) is 6.92 Å². The number of carbonyl (C=O) groups excluding carboxylic acids is 1. The van der Waals surface area contributed by atoms with Gasteiger partial charge >= 0.3 is 0 Å². The van der Waals surface area contributed by atoms with Crippen LogP contribution in [0.2, 0.25) is 0 Å². The van der Waals surface area contributed by atoms with Crippen molar-refractivity contribution in [2.45, 2.75) is 32.4 Å². The van der Waals surface area contributed by atoms with Crippen LogP contribution in [-0.2, 0) is 6.54 Å². The van der Waals surface area contributed by atoms with E-state index in [0.717, 1.165) is 37.2 Å². The number of nitrogens with one attached hydrogen (secondary N) is 1. The number of hydrogen-bond donors (Lipinski definition) is 2. The molecule has 0 radical (unpaired) electrons. The molecule has 2 N–H and O–H groups in total. The van der Waals surface area contributed by atoms with E-state index < -0.39 is 0 Å². The van der Waals surface area contributed by atoms with Gasteiger partial charge in [-0.3, -0.25) is 4.79 Å². The largest absolute Gasteiger partial charge is 0.504 e. The highest BCUT2D eigenvalue weighted by Crippen LogP contribution is 2.27. The van der Waals surface area contributed by atoms with Crippen LogP contribution < -0.4 is 10.1 Å². The first kappa shape index (κ1) is 21.0. The van der Waals surface area contributed by atoms with Crippen LogP contribution in [0.1, 0.15) is 40.6 Å². The number of rotatable bonds is 5. The summed E-state index contributed by atoms with van der Waals surface area (Å²) < 4.78 is 6.92. The Labute approximate surface area is 164 Å². The number of aromatic nitrogens is 3. The lowest BCUT2D eigenvalue weighted by Gasteiger charge is -2.23. The third-order valence-corrected chi connectivity index (χ3v) is 4.79. The Morgan fingerprint density at radius 2 is 2.11 bits per heavy atom. The van der Waals surface area contributed by atoms with Crippen LogP contribution in [0.3, 0.4) is 0 Å². The summed E-state index contributed by atoms with van der Waals surface area (Å²) in [5.41, 5.74) is 1.98. The zero-order chi connectivity index (χ0) is 18.7. The second-order valence-corrected chi connectivity index (χ2v) is 6.62. The molecule has 0 bridgehead atoms. The third-order valence-electron chi connectivity index (χ3n) is 4.79. The lowest BCUT2D eigenvalue weighted by molar-refractivity contribution is 0.0778. The molecule has 0 saturated carbocycles. The predicted octanol–water partition coefficient (Wildman–Crippen LogP) is 1.92. The van der Waals surface area contributed by atoms with Gasteiger partial charge in [0, 0.05) is 13.6 Å². The Balaban J connectivity index is 0.00000261. The minimum atomic E-state index is -0.182. The molecular formula is C18H26ClN5O3. The molecule has 2 heterocycles.